The Balaban J connectivity index is 2.24. The van der Waals surface area contributed by atoms with Crippen LogP contribution in [0.2, 0.25) is 0 Å². The van der Waals surface area contributed by atoms with Crippen LogP contribution in [0.15, 0.2) is 84.9 Å². The lowest BCUT2D eigenvalue weighted by atomic mass is 10.0. The van der Waals surface area contributed by atoms with E-state index in [1.807, 2.05) is 24.3 Å². The molecule has 0 atom stereocenters. The number of hydrogen-bond acceptors (Lipinski definition) is 4. The lowest BCUT2D eigenvalue weighted by Crippen LogP contribution is -2.03. The molecule has 0 spiro atoms. The van der Waals surface area contributed by atoms with Crippen molar-refractivity contribution in [2.45, 2.75) is 0 Å². The first-order valence-corrected chi connectivity index (χ1v) is 10.5. The minimum Gasteiger partial charge on any atom is -0.467 e. The lowest BCUT2D eigenvalue weighted by Gasteiger charge is -2.11. The first-order valence-electron chi connectivity index (χ1n) is 10.5. The van der Waals surface area contributed by atoms with Crippen LogP contribution in [0.25, 0.3) is 0 Å². The topological polar surface area (TPSA) is 36.9 Å². The average molecular weight is 424 g/mol. The summed E-state index contributed by atoms with van der Waals surface area (Å²) in [7, 11) is 3.25. The highest BCUT2D eigenvalue weighted by molar-refractivity contribution is 5.40. The first-order chi connectivity index (χ1) is 15.8. The van der Waals surface area contributed by atoms with Gasteiger partial charge in [0.2, 0.25) is 0 Å². The molecule has 4 aromatic rings. The molecule has 0 unspecified atom stereocenters. The van der Waals surface area contributed by atoms with Crippen molar-refractivity contribution >= 4 is 0 Å². The molecule has 32 heavy (non-hydrogen) atoms. The van der Waals surface area contributed by atoms with Gasteiger partial charge in [0, 0.05) is 24.7 Å². The molecule has 0 bridgehead atoms. The number of rotatable bonds is 6. The van der Waals surface area contributed by atoms with E-state index < -0.39 is 0 Å². The van der Waals surface area contributed by atoms with E-state index in [1.54, 1.807) is 14.2 Å². The Morgan fingerprint density at radius 2 is 0.781 bits per heavy atom. The van der Waals surface area contributed by atoms with Crippen LogP contribution in [0.5, 0.6) is 11.5 Å². The van der Waals surface area contributed by atoms with E-state index in [0.717, 1.165) is 42.8 Å². The quantitative estimate of drug-likeness (QED) is 0.355. The predicted octanol–water partition coefficient (Wildman–Crippen LogP) is 5.11. The molecule has 0 heterocycles. The van der Waals surface area contributed by atoms with E-state index in [0.29, 0.717) is 0 Å². The van der Waals surface area contributed by atoms with E-state index in [-0.39, 0.29) is 13.6 Å². The van der Waals surface area contributed by atoms with Gasteiger partial charge in [-0.1, -0.05) is 72.8 Å². The van der Waals surface area contributed by atoms with Crippen LogP contribution in [0, 0.1) is 41.7 Å². The summed E-state index contributed by atoms with van der Waals surface area (Å²) >= 11 is 0. The highest BCUT2D eigenvalue weighted by Gasteiger charge is 2.09. The number of hydrogen-bond donors (Lipinski definition) is 0. The van der Waals surface area contributed by atoms with E-state index in [1.165, 1.54) is 10.4 Å². The lowest BCUT2D eigenvalue weighted by molar-refractivity contribution is 0.0489. The molecule has 0 fully saturated rings. The molecule has 0 aromatic heterocycles. The Morgan fingerprint density at radius 1 is 0.438 bits per heavy atom. The van der Waals surface area contributed by atoms with Crippen LogP contribution in [-0.2, 0) is 9.47 Å². The molecule has 0 saturated heterocycles. The van der Waals surface area contributed by atoms with Crippen molar-refractivity contribution in [1.29, 1.82) is 0 Å². The van der Waals surface area contributed by atoms with Gasteiger partial charge in [-0.25, -0.2) is 0 Å². The van der Waals surface area contributed by atoms with Crippen molar-refractivity contribution in [1.82, 2.24) is 0 Å². The van der Waals surface area contributed by atoms with Gasteiger partial charge < -0.3 is 18.9 Å². The number of methoxy groups -OCH3 is 2. The second-order valence-corrected chi connectivity index (χ2v) is 7.55. The fourth-order valence-electron chi connectivity index (χ4n) is 4.42. The summed E-state index contributed by atoms with van der Waals surface area (Å²) < 4.78 is 22.6. The summed E-state index contributed by atoms with van der Waals surface area (Å²) in [5.41, 5.74) is 0. The largest absolute Gasteiger partial charge is 0.467 e. The smallest absolute Gasteiger partial charge is 0.188 e. The minimum atomic E-state index is 0.158. The highest BCUT2D eigenvalue weighted by atomic mass is 16.7. The van der Waals surface area contributed by atoms with Gasteiger partial charge in [-0.3, -0.25) is 0 Å². The van der Waals surface area contributed by atoms with E-state index in [2.05, 4.69) is 60.7 Å². The zero-order valence-electron chi connectivity index (χ0n) is 18.1. The molecule has 4 nitrogen and oxygen atoms in total. The number of benzene rings is 4. The van der Waals surface area contributed by atoms with Crippen molar-refractivity contribution < 1.29 is 18.9 Å². The van der Waals surface area contributed by atoms with Crippen molar-refractivity contribution in [3.63, 3.8) is 0 Å². The van der Waals surface area contributed by atoms with Gasteiger partial charge in [-0.2, -0.15) is 0 Å². The summed E-state index contributed by atoms with van der Waals surface area (Å²) in [4.78, 5) is 0. The Kier molecular flexibility index (Phi) is 5.63. The molecule has 1 aliphatic rings. The Labute approximate surface area is 185 Å². The maximum Gasteiger partial charge on any atom is 0.188 e. The monoisotopic (exact) mass is 424 g/mol. The summed E-state index contributed by atoms with van der Waals surface area (Å²) in [6.07, 6.45) is 0. The molecule has 0 radical (unpaired) electrons. The molecule has 0 amide bonds. The third-order valence-corrected chi connectivity index (χ3v) is 5.69. The molecular weight excluding hydrogens is 400 g/mol. The fraction of sp³-hybridized carbons (Fsp3) is 0.143. The highest BCUT2D eigenvalue weighted by Crippen LogP contribution is 2.25. The van der Waals surface area contributed by atoms with Gasteiger partial charge in [0.05, 0.1) is 0 Å². The molecule has 0 N–H and O–H groups in total. The number of fused-ring (bicyclic) bond motifs is 4. The van der Waals surface area contributed by atoms with Gasteiger partial charge >= 0.3 is 0 Å². The Morgan fingerprint density at radius 3 is 1.16 bits per heavy atom. The van der Waals surface area contributed by atoms with Crippen molar-refractivity contribution in [2.24, 2.45) is 0 Å². The summed E-state index contributed by atoms with van der Waals surface area (Å²) in [5, 5.41) is 8.78. The first kappa shape index (κ1) is 20.3. The van der Waals surface area contributed by atoms with Crippen LogP contribution >= 0.6 is 0 Å². The minimum absolute atomic E-state index is 0.158. The summed E-state index contributed by atoms with van der Waals surface area (Å²) in [6, 6.07) is 29.3. The maximum absolute atomic E-state index is 6.06. The second kappa shape index (κ2) is 8.87. The molecule has 4 aromatic carbocycles. The number of ether oxygens (including phenoxy) is 4. The second-order valence-electron chi connectivity index (χ2n) is 7.55. The molecule has 160 valence electrons. The van der Waals surface area contributed by atoms with Gasteiger partial charge in [0.15, 0.2) is 13.6 Å². The SMILES string of the molecule is COCOc1cccc2/c1=c1/c(OCOC)ccc/c1=c1\cccc\c1=c1/cccc/c1=2. The molecule has 0 aliphatic heterocycles. The Bertz CT molecular complexity index is 1540. The summed E-state index contributed by atoms with van der Waals surface area (Å²) in [5.74, 6) is 1.49. The van der Waals surface area contributed by atoms with Gasteiger partial charge in [-0.15, -0.1) is 0 Å². The van der Waals surface area contributed by atoms with Gasteiger partial charge in [-0.05, 0) is 43.4 Å². The van der Waals surface area contributed by atoms with Crippen LogP contribution < -0.4 is 9.47 Å². The molecule has 4 heteroatoms. The van der Waals surface area contributed by atoms with Gasteiger partial charge in [0.25, 0.3) is 0 Å². The third-order valence-electron chi connectivity index (χ3n) is 5.69. The van der Waals surface area contributed by atoms with Crippen LogP contribution in [0.3, 0.4) is 0 Å². The van der Waals surface area contributed by atoms with Crippen LogP contribution in [-0.4, -0.2) is 27.8 Å². The normalized spacial score (nSPS) is 15.8. The van der Waals surface area contributed by atoms with Gasteiger partial charge in [0.1, 0.15) is 11.5 Å². The Hall–Kier alpha value is -3.60. The maximum atomic E-state index is 6.06. The molecule has 0 saturated carbocycles. The molecule has 5 rings (SSSR count). The molecular formula is C28H24O4. The average Bonchev–Trinajstić information content (AvgIpc) is 2.85. The van der Waals surface area contributed by atoms with E-state index >= 15 is 0 Å². The van der Waals surface area contributed by atoms with Crippen LogP contribution in [0.4, 0.5) is 0 Å². The van der Waals surface area contributed by atoms with Crippen molar-refractivity contribution in [3.8, 4) is 11.5 Å². The van der Waals surface area contributed by atoms with Crippen molar-refractivity contribution in [2.75, 3.05) is 27.8 Å². The zero-order chi connectivity index (χ0) is 21.9. The predicted molar refractivity (Wildman–Crippen MR) is 121 cm³/mol. The summed E-state index contributed by atoms with van der Waals surface area (Å²) in [6.45, 7) is 0.316. The molecule has 1 aliphatic carbocycles. The zero-order valence-corrected chi connectivity index (χ0v) is 18.1. The third kappa shape index (κ3) is 3.44. The van der Waals surface area contributed by atoms with E-state index in [4.69, 9.17) is 18.9 Å². The van der Waals surface area contributed by atoms with Crippen molar-refractivity contribution in [3.05, 3.63) is 127 Å². The fourth-order valence-corrected chi connectivity index (χ4v) is 4.42. The van der Waals surface area contributed by atoms with Crippen LogP contribution in [0.1, 0.15) is 0 Å². The standard InChI is InChI=1S/C28H24O4/c1-29-17-31-25-15-7-13-23-21-11-5-3-9-19(21)20-10-4-6-12-22(20)24-14-8-16-26(32-18-30-2)28(24)27(23)25/h3-16H,17-18H2,1-2H3/b20-19-,23-21-,24-22-,28-27-. The van der Waals surface area contributed by atoms with E-state index in [9.17, 15) is 0 Å².